The number of aryl methyl sites for hydroxylation is 2. The minimum atomic E-state index is -0.423. The summed E-state index contributed by atoms with van der Waals surface area (Å²) < 4.78 is 2.16. The van der Waals surface area contributed by atoms with Gasteiger partial charge in [-0.25, -0.2) is 0 Å². The van der Waals surface area contributed by atoms with Crippen molar-refractivity contribution in [1.82, 2.24) is 19.7 Å². The maximum absolute atomic E-state index is 11.3. The molecule has 1 amide bonds. The van der Waals surface area contributed by atoms with Crippen molar-refractivity contribution in [3.05, 3.63) is 89.2 Å². The summed E-state index contributed by atoms with van der Waals surface area (Å²) in [4.78, 5) is 15.6. The molecule has 4 rings (SSSR count). The third kappa shape index (κ3) is 4.43. The van der Waals surface area contributed by atoms with E-state index < -0.39 is 5.91 Å². The molecule has 2 N–H and O–H groups in total. The summed E-state index contributed by atoms with van der Waals surface area (Å²) in [7, 11) is 0. The maximum Gasteiger partial charge on any atom is 0.248 e. The Hall–Kier alpha value is -3.45. The quantitative estimate of drug-likeness (QED) is 0.394. The van der Waals surface area contributed by atoms with Crippen molar-refractivity contribution in [2.24, 2.45) is 5.73 Å². The molecule has 7 heteroatoms. The molecular formula is C25H25N5OS. The van der Waals surface area contributed by atoms with Crippen molar-refractivity contribution in [3.8, 4) is 17.1 Å². The molecule has 0 bridgehead atoms. The number of carbonyl (C=O) groups is 1. The number of hydrogen-bond acceptors (Lipinski definition) is 5. The van der Waals surface area contributed by atoms with Gasteiger partial charge < -0.3 is 5.73 Å². The monoisotopic (exact) mass is 443 g/mol. The van der Waals surface area contributed by atoms with E-state index in [9.17, 15) is 4.79 Å². The fraction of sp³-hybridized carbons (Fsp3) is 0.200. The van der Waals surface area contributed by atoms with E-state index in [1.165, 1.54) is 11.1 Å². The van der Waals surface area contributed by atoms with Gasteiger partial charge in [-0.3, -0.25) is 14.3 Å². The largest absolute Gasteiger partial charge is 0.366 e. The number of rotatable bonds is 8. The Kier molecular flexibility index (Phi) is 6.66. The van der Waals surface area contributed by atoms with Crippen LogP contribution >= 0.6 is 11.8 Å². The van der Waals surface area contributed by atoms with Gasteiger partial charge in [0.2, 0.25) is 5.91 Å². The molecule has 0 atom stereocenters. The van der Waals surface area contributed by atoms with Gasteiger partial charge in [0, 0.05) is 29.3 Å². The first-order chi connectivity index (χ1) is 15.6. The summed E-state index contributed by atoms with van der Waals surface area (Å²) in [6.45, 7) is 4.33. The van der Waals surface area contributed by atoms with Crippen molar-refractivity contribution >= 4 is 17.7 Å². The van der Waals surface area contributed by atoms with E-state index in [4.69, 9.17) is 5.73 Å². The zero-order valence-corrected chi connectivity index (χ0v) is 19.0. The summed E-state index contributed by atoms with van der Waals surface area (Å²) in [5.74, 6) is 1.05. The summed E-state index contributed by atoms with van der Waals surface area (Å²) in [5, 5.41) is 9.93. The molecule has 0 fully saturated rings. The van der Waals surface area contributed by atoms with Crippen LogP contribution in [0.1, 0.15) is 40.9 Å². The Balaban J connectivity index is 1.77. The molecule has 162 valence electrons. The fourth-order valence-electron chi connectivity index (χ4n) is 3.66. The molecule has 0 spiro atoms. The van der Waals surface area contributed by atoms with Gasteiger partial charge >= 0.3 is 0 Å². The Morgan fingerprint density at radius 3 is 2.28 bits per heavy atom. The molecule has 0 radical (unpaired) electrons. The minimum absolute atomic E-state index is 0.423. The van der Waals surface area contributed by atoms with Crippen LogP contribution in [0.25, 0.3) is 17.1 Å². The van der Waals surface area contributed by atoms with E-state index in [1.807, 2.05) is 30.5 Å². The molecule has 0 saturated carbocycles. The molecule has 2 heterocycles. The van der Waals surface area contributed by atoms with Crippen LogP contribution in [0.5, 0.6) is 0 Å². The molecule has 2 aromatic carbocycles. The van der Waals surface area contributed by atoms with Crippen molar-refractivity contribution in [1.29, 1.82) is 0 Å². The zero-order valence-electron chi connectivity index (χ0n) is 18.2. The normalized spacial score (nSPS) is 10.9. The van der Waals surface area contributed by atoms with Gasteiger partial charge in [0.25, 0.3) is 0 Å². The molecule has 4 aromatic rings. The van der Waals surface area contributed by atoms with Crippen molar-refractivity contribution in [2.75, 3.05) is 0 Å². The number of nitrogens with two attached hydrogens (primary N) is 1. The summed E-state index contributed by atoms with van der Waals surface area (Å²) in [6.07, 6.45) is 5.39. The highest BCUT2D eigenvalue weighted by atomic mass is 32.2. The van der Waals surface area contributed by atoms with Gasteiger partial charge in [0.1, 0.15) is 0 Å². The second kappa shape index (κ2) is 9.78. The Morgan fingerprint density at radius 2 is 1.69 bits per heavy atom. The molecule has 32 heavy (non-hydrogen) atoms. The molecular weight excluding hydrogens is 418 g/mol. The highest BCUT2D eigenvalue weighted by Gasteiger charge is 2.20. The second-order valence-electron chi connectivity index (χ2n) is 7.37. The number of carbonyl (C=O) groups excluding carboxylic acids is 1. The van der Waals surface area contributed by atoms with Gasteiger partial charge in [-0.1, -0.05) is 55.9 Å². The number of thioether (sulfide) groups is 1. The van der Waals surface area contributed by atoms with Crippen LogP contribution < -0.4 is 5.73 Å². The average molecular weight is 444 g/mol. The van der Waals surface area contributed by atoms with Gasteiger partial charge in [-0.15, -0.1) is 10.2 Å². The van der Waals surface area contributed by atoms with Gasteiger partial charge in [0.05, 0.1) is 5.69 Å². The maximum atomic E-state index is 11.3. The van der Waals surface area contributed by atoms with Crippen LogP contribution in [0.2, 0.25) is 0 Å². The number of benzene rings is 2. The van der Waals surface area contributed by atoms with Gasteiger partial charge in [0.15, 0.2) is 11.0 Å². The second-order valence-corrected chi connectivity index (χ2v) is 8.31. The first-order valence-corrected chi connectivity index (χ1v) is 11.6. The number of nitrogens with zero attached hydrogens (tertiary/aromatic N) is 4. The van der Waals surface area contributed by atoms with E-state index in [-0.39, 0.29) is 0 Å². The number of para-hydroxylation sites is 1. The molecule has 0 unspecified atom stereocenters. The molecule has 0 aliphatic rings. The van der Waals surface area contributed by atoms with E-state index in [0.717, 1.165) is 40.6 Å². The number of hydrogen-bond donors (Lipinski definition) is 1. The first kappa shape index (κ1) is 21.8. The molecule has 0 saturated heterocycles. The van der Waals surface area contributed by atoms with Crippen LogP contribution in [0.15, 0.2) is 72.1 Å². The van der Waals surface area contributed by atoms with Crippen molar-refractivity contribution < 1.29 is 4.79 Å². The smallest absolute Gasteiger partial charge is 0.248 e. The Bertz CT molecular complexity index is 1200. The van der Waals surface area contributed by atoms with Crippen molar-refractivity contribution in [2.45, 2.75) is 37.6 Å². The number of pyridine rings is 1. The molecule has 2 aromatic heterocycles. The summed E-state index contributed by atoms with van der Waals surface area (Å²) >= 11 is 1.62. The Labute approximate surface area is 191 Å². The van der Waals surface area contributed by atoms with Crippen LogP contribution in [0.4, 0.5) is 0 Å². The topological polar surface area (TPSA) is 86.7 Å². The molecule has 0 aliphatic carbocycles. The van der Waals surface area contributed by atoms with E-state index in [1.54, 1.807) is 30.1 Å². The average Bonchev–Trinajstić information content (AvgIpc) is 3.26. The summed E-state index contributed by atoms with van der Waals surface area (Å²) in [6, 6.07) is 17.7. The predicted molar refractivity (Wildman–Crippen MR) is 128 cm³/mol. The van der Waals surface area contributed by atoms with Crippen molar-refractivity contribution in [3.63, 3.8) is 0 Å². The Morgan fingerprint density at radius 1 is 0.969 bits per heavy atom. The van der Waals surface area contributed by atoms with Crippen LogP contribution in [-0.2, 0) is 18.6 Å². The predicted octanol–water partition coefficient (Wildman–Crippen LogP) is 4.85. The highest BCUT2D eigenvalue weighted by molar-refractivity contribution is 7.98. The third-order valence-corrected chi connectivity index (χ3v) is 6.35. The van der Waals surface area contributed by atoms with Crippen LogP contribution in [0, 0.1) is 0 Å². The van der Waals surface area contributed by atoms with E-state index in [2.05, 4.69) is 51.8 Å². The third-order valence-electron chi connectivity index (χ3n) is 5.35. The lowest BCUT2D eigenvalue weighted by Crippen LogP contribution is -2.10. The van der Waals surface area contributed by atoms with E-state index >= 15 is 0 Å². The lowest BCUT2D eigenvalue weighted by atomic mass is 10.0. The number of primary amides is 1. The summed E-state index contributed by atoms with van der Waals surface area (Å²) in [5.41, 5.74) is 11.5. The SMILES string of the molecule is CCc1cccc(CC)c1-n1c(SCc2ccc(C(N)=O)cc2)nnc1-c1cccnc1. The lowest BCUT2D eigenvalue weighted by molar-refractivity contribution is 0.100. The highest BCUT2D eigenvalue weighted by Crippen LogP contribution is 2.33. The van der Waals surface area contributed by atoms with Gasteiger partial charge in [-0.2, -0.15) is 0 Å². The molecule has 0 aliphatic heterocycles. The van der Waals surface area contributed by atoms with Gasteiger partial charge in [-0.05, 0) is 53.8 Å². The molecule has 6 nitrogen and oxygen atoms in total. The zero-order chi connectivity index (χ0) is 22.5. The van der Waals surface area contributed by atoms with Crippen LogP contribution in [-0.4, -0.2) is 25.7 Å². The standard InChI is InChI=1S/C25H25N5OS/c1-3-18-7-5-8-19(4-2)22(18)30-24(21-9-6-14-27-15-21)28-29-25(30)32-16-17-10-12-20(13-11-17)23(26)31/h5-15H,3-4,16H2,1-2H3,(H2,26,31). The van der Waals surface area contributed by atoms with Crippen LogP contribution in [0.3, 0.4) is 0 Å². The lowest BCUT2D eigenvalue weighted by Gasteiger charge is -2.18. The van der Waals surface area contributed by atoms with E-state index in [0.29, 0.717) is 11.3 Å². The first-order valence-electron chi connectivity index (χ1n) is 10.6. The number of aromatic nitrogens is 4. The minimum Gasteiger partial charge on any atom is -0.366 e. The fourth-order valence-corrected chi connectivity index (χ4v) is 4.56. The number of amides is 1.